The average molecular weight is 374 g/mol. The fourth-order valence-electron chi connectivity index (χ4n) is 4.09. The van der Waals surface area contributed by atoms with Gasteiger partial charge < -0.3 is 15.2 Å². The summed E-state index contributed by atoms with van der Waals surface area (Å²) in [6.07, 6.45) is 3.59. The van der Waals surface area contributed by atoms with Gasteiger partial charge in [-0.1, -0.05) is 36.8 Å². The highest BCUT2D eigenvalue weighted by Crippen LogP contribution is 2.46. The largest absolute Gasteiger partial charge is 0.445 e. The molecule has 3 rings (SSSR count). The SMILES string of the molecule is C[C@H](N)C(=O)OC(=O)CN(C(=O)OCc1ccccc1)C1CC2CCC1C2. The van der Waals surface area contributed by atoms with Gasteiger partial charge in [-0.3, -0.25) is 4.90 Å². The molecule has 27 heavy (non-hydrogen) atoms. The van der Waals surface area contributed by atoms with Crippen LogP contribution in [-0.2, 0) is 25.7 Å². The lowest BCUT2D eigenvalue weighted by Gasteiger charge is -2.33. The van der Waals surface area contributed by atoms with Crippen LogP contribution >= 0.6 is 0 Å². The Balaban J connectivity index is 1.65. The summed E-state index contributed by atoms with van der Waals surface area (Å²) in [6.45, 7) is 1.27. The van der Waals surface area contributed by atoms with Crippen LogP contribution in [-0.4, -0.2) is 41.6 Å². The maximum absolute atomic E-state index is 12.7. The van der Waals surface area contributed by atoms with Crippen molar-refractivity contribution >= 4 is 18.0 Å². The third-order valence-electron chi connectivity index (χ3n) is 5.43. The molecule has 1 aromatic carbocycles. The van der Waals surface area contributed by atoms with Crippen LogP contribution in [0, 0.1) is 11.8 Å². The number of hydrogen-bond acceptors (Lipinski definition) is 6. The molecule has 2 fully saturated rings. The number of benzene rings is 1. The van der Waals surface area contributed by atoms with Gasteiger partial charge in [-0.05, 0) is 43.6 Å². The number of ether oxygens (including phenoxy) is 2. The van der Waals surface area contributed by atoms with Crippen LogP contribution in [0.25, 0.3) is 0 Å². The summed E-state index contributed by atoms with van der Waals surface area (Å²) in [6, 6.07) is 8.41. The third-order valence-corrected chi connectivity index (χ3v) is 5.43. The van der Waals surface area contributed by atoms with Gasteiger partial charge in [-0.2, -0.15) is 0 Å². The Morgan fingerprint density at radius 3 is 2.52 bits per heavy atom. The molecule has 4 atom stereocenters. The molecular formula is C20H26N2O5. The summed E-state index contributed by atoms with van der Waals surface area (Å²) in [5.74, 6) is -0.621. The number of carbonyl (C=O) groups excluding carboxylic acids is 3. The van der Waals surface area contributed by atoms with Gasteiger partial charge in [-0.15, -0.1) is 0 Å². The van der Waals surface area contributed by atoms with Crippen molar-refractivity contribution in [2.24, 2.45) is 17.6 Å². The highest BCUT2D eigenvalue weighted by atomic mass is 16.6. The van der Waals surface area contributed by atoms with Gasteiger partial charge in [0.15, 0.2) is 0 Å². The van der Waals surface area contributed by atoms with Crippen LogP contribution in [0.4, 0.5) is 4.79 Å². The lowest BCUT2D eigenvalue weighted by Crippen LogP contribution is -2.47. The van der Waals surface area contributed by atoms with E-state index in [1.807, 2.05) is 30.3 Å². The molecule has 146 valence electrons. The Labute approximate surface area is 158 Å². The maximum Gasteiger partial charge on any atom is 0.410 e. The van der Waals surface area contributed by atoms with Gasteiger partial charge >= 0.3 is 18.0 Å². The van der Waals surface area contributed by atoms with Crippen LogP contribution < -0.4 is 5.73 Å². The first-order valence-electron chi connectivity index (χ1n) is 9.41. The minimum atomic E-state index is -0.894. The lowest BCUT2D eigenvalue weighted by molar-refractivity contribution is -0.161. The molecule has 0 heterocycles. The number of hydrogen-bond donors (Lipinski definition) is 1. The second-order valence-corrected chi connectivity index (χ2v) is 7.49. The Bertz CT molecular complexity index is 691. The molecular weight excluding hydrogens is 348 g/mol. The highest BCUT2D eigenvalue weighted by Gasteiger charge is 2.45. The molecule has 0 aromatic heterocycles. The summed E-state index contributed by atoms with van der Waals surface area (Å²) in [7, 11) is 0. The fourth-order valence-corrected chi connectivity index (χ4v) is 4.09. The van der Waals surface area contributed by atoms with Gasteiger partial charge in [0.2, 0.25) is 0 Å². The molecule has 0 saturated heterocycles. The number of nitrogens with two attached hydrogens (primary N) is 1. The van der Waals surface area contributed by atoms with Crippen molar-refractivity contribution in [2.45, 2.75) is 51.3 Å². The van der Waals surface area contributed by atoms with Crippen LogP contribution in [0.5, 0.6) is 0 Å². The van der Waals surface area contributed by atoms with Gasteiger partial charge in [-0.25, -0.2) is 14.4 Å². The van der Waals surface area contributed by atoms with E-state index in [0.717, 1.165) is 24.8 Å². The Kier molecular flexibility index (Phi) is 6.11. The zero-order valence-electron chi connectivity index (χ0n) is 15.5. The minimum Gasteiger partial charge on any atom is -0.445 e. The van der Waals surface area contributed by atoms with E-state index >= 15 is 0 Å². The second kappa shape index (κ2) is 8.52. The van der Waals surface area contributed by atoms with Gasteiger partial charge in [0.05, 0.1) is 0 Å². The summed E-state index contributed by atoms with van der Waals surface area (Å²) >= 11 is 0. The minimum absolute atomic E-state index is 0.0509. The van der Waals surface area contributed by atoms with E-state index < -0.39 is 24.1 Å². The van der Waals surface area contributed by atoms with Crippen molar-refractivity contribution in [3.8, 4) is 0 Å². The molecule has 2 saturated carbocycles. The molecule has 7 nitrogen and oxygen atoms in total. The number of nitrogens with zero attached hydrogens (tertiary/aromatic N) is 1. The zero-order chi connectivity index (χ0) is 19.4. The Hall–Kier alpha value is -2.41. The molecule has 3 unspecified atom stereocenters. The van der Waals surface area contributed by atoms with Crippen molar-refractivity contribution < 1.29 is 23.9 Å². The normalized spacial score (nSPS) is 24.3. The summed E-state index contributed by atoms with van der Waals surface area (Å²) in [4.78, 5) is 37.9. The summed E-state index contributed by atoms with van der Waals surface area (Å²) < 4.78 is 10.2. The molecule has 1 aromatic rings. The van der Waals surface area contributed by atoms with E-state index in [0.29, 0.717) is 11.8 Å². The van der Waals surface area contributed by atoms with E-state index in [2.05, 4.69) is 0 Å². The van der Waals surface area contributed by atoms with Crippen LogP contribution in [0.3, 0.4) is 0 Å². The van der Waals surface area contributed by atoms with Crippen LogP contribution in [0.15, 0.2) is 30.3 Å². The Morgan fingerprint density at radius 1 is 1.19 bits per heavy atom. The molecule has 2 bridgehead atoms. The van der Waals surface area contributed by atoms with Crippen molar-refractivity contribution in [1.29, 1.82) is 0 Å². The number of carbonyl (C=O) groups is 3. The first-order valence-corrected chi connectivity index (χ1v) is 9.41. The lowest BCUT2D eigenvalue weighted by atomic mass is 9.94. The van der Waals surface area contributed by atoms with Crippen LogP contribution in [0.2, 0.25) is 0 Å². The predicted octanol–water partition coefficient (Wildman–Crippen LogP) is 2.23. The van der Waals surface area contributed by atoms with E-state index in [9.17, 15) is 14.4 Å². The second-order valence-electron chi connectivity index (χ2n) is 7.49. The first kappa shape index (κ1) is 19.4. The van der Waals surface area contributed by atoms with Crippen molar-refractivity contribution in [3.63, 3.8) is 0 Å². The first-order chi connectivity index (χ1) is 12.9. The molecule has 0 radical (unpaired) electrons. The topological polar surface area (TPSA) is 98.9 Å². The predicted molar refractivity (Wildman–Crippen MR) is 97.3 cm³/mol. The van der Waals surface area contributed by atoms with Gasteiger partial charge in [0.25, 0.3) is 0 Å². The fraction of sp³-hybridized carbons (Fsp3) is 0.550. The molecule has 2 N–H and O–H groups in total. The van der Waals surface area contributed by atoms with Crippen molar-refractivity contribution in [2.75, 3.05) is 6.54 Å². The average Bonchev–Trinajstić information content (AvgIpc) is 3.28. The number of amides is 1. The smallest absolute Gasteiger partial charge is 0.410 e. The molecule has 0 aliphatic heterocycles. The molecule has 2 aliphatic carbocycles. The number of esters is 2. The number of fused-ring (bicyclic) bond motifs is 2. The molecule has 7 heteroatoms. The molecule has 0 spiro atoms. The highest BCUT2D eigenvalue weighted by molar-refractivity contribution is 5.90. The monoisotopic (exact) mass is 374 g/mol. The third kappa shape index (κ3) is 4.86. The van der Waals surface area contributed by atoms with Crippen molar-refractivity contribution in [1.82, 2.24) is 4.90 Å². The number of rotatable bonds is 6. The van der Waals surface area contributed by atoms with Crippen LogP contribution in [0.1, 0.15) is 38.2 Å². The van der Waals surface area contributed by atoms with E-state index in [1.54, 1.807) is 0 Å². The van der Waals surface area contributed by atoms with Gasteiger partial charge in [0, 0.05) is 6.04 Å². The molecule has 2 aliphatic rings. The standard InChI is InChI=1S/C20H26N2O5/c1-13(21)19(24)27-18(23)11-22(17-10-15-7-8-16(17)9-15)20(25)26-12-14-5-3-2-4-6-14/h2-6,13,15-17H,7-12,21H2,1H3/t13-,15?,16?,17?/m0/s1. The van der Waals surface area contributed by atoms with E-state index in [4.69, 9.17) is 15.2 Å². The Morgan fingerprint density at radius 2 is 1.93 bits per heavy atom. The van der Waals surface area contributed by atoms with E-state index in [1.165, 1.54) is 18.2 Å². The molecule has 1 amide bonds. The van der Waals surface area contributed by atoms with Gasteiger partial charge in [0.1, 0.15) is 19.2 Å². The van der Waals surface area contributed by atoms with E-state index in [-0.39, 0.29) is 19.2 Å². The van der Waals surface area contributed by atoms with Crippen molar-refractivity contribution in [3.05, 3.63) is 35.9 Å². The quantitative estimate of drug-likeness (QED) is 0.606. The zero-order valence-corrected chi connectivity index (χ0v) is 15.5. The summed E-state index contributed by atoms with van der Waals surface area (Å²) in [5, 5.41) is 0. The summed E-state index contributed by atoms with van der Waals surface area (Å²) in [5.41, 5.74) is 6.30. The maximum atomic E-state index is 12.7.